The fourth-order valence-electron chi connectivity index (χ4n) is 3.66. The van der Waals surface area contributed by atoms with Crippen LogP contribution in [0.3, 0.4) is 0 Å². The van der Waals surface area contributed by atoms with Crippen LogP contribution in [0.4, 0.5) is 0 Å². The third-order valence-corrected chi connectivity index (χ3v) is 6.33. The number of carbonyl (C=O) groups excluding carboxylic acids is 1. The predicted molar refractivity (Wildman–Crippen MR) is 118 cm³/mol. The van der Waals surface area contributed by atoms with Crippen molar-refractivity contribution in [1.29, 1.82) is 0 Å². The van der Waals surface area contributed by atoms with Crippen LogP contribution in [-0.4, -0.2) is 39.1 Å². The number of ether oxygens (including phenoxy) is 2. The summed E-state index contributed by atoms with van der Waals surface area (Å²) in [6.07, 6.45) is 4.25. The second-order valence-corrected chi connectivity index (χ2v) is 9.30. The van der Waals surface area contributed by atoms with Crippen molar-refractivity contribution in [3.8, 4) is 11.5 Å². The van der Waals surface area contributed by atoms with E-state index in [9.17, 15) is 4.79 Å². The lowest BCUT2D eigenvalue weighted by atomic mass is 10.2. The van der Waals surface area contributed by atoms with E-state index in [1.165, 1.54) is 24.6 Å². The third-order valence-electron chi connectivity index (χ3n) is 5.28. The van der Waals surface area contributed by atoms with Crippen LogP contribution in [0.15, 0.2) is 29.4 Å². The Kier molecular flexibility index (Phi) is 7.64. The van der Waals surface area contributed by atoms with Gasteiger partial charge in [0.1, 0.15) is 11.5 Å². The first kappa shape index (κ1) is 22.5. The Morgan fingerprint density at radius 1 is 1.17 bits per heavy atom. The van der Waals surface area contributed by atoms with Crippen LogP contribution in [0, 0.1) is 0 Å². The predicted octanol–water partition coefficient (Wildman–Crippen LogP) is 4.55. The van der Waals surface area contributed by atoms with Crippen LogP contribution >= 0.6 is 11.8 Å². The average Bonchev–Trinajstić information content (AvgIpc) is 3.37. The standard InChI is InChI=1S/C22H32N4O3S/c1-14(2)26-20(15(3)29-19-12-8-11-18(13-19)28-5)24-25-22(26)30-16(4)21(27)23-17-9-6-7-10-17/h8,11-17H,6-7,9-10H2,1-5H3,(H,23,27). The number of nitrogens with zero attached hydrogens (tertiary/aromatic N) is 3. The summed E-state index contributed by atoms with van der Waals surface area (Å²) in [5.41, 5.74) is 0. The molecule has 2 atom stereocenters. The zero-order chi connectivity index (χ0) is 21.7. The Morgan fingerprint density at radius 3 is 2.53 bits per heavy atom. The maximum Gasteiger partial charge on any atom is 0.233 e. The summed E-state index contributed by atoms with van der Waals surface area (Å²) in [5.74, 6) is 2.24. The summed E-state index contributed by atoms with van der Waals surface area (Å²) in [6, 6.07) is 7.95. The second-order valence-electron chi connectivity index (χ2n) is 7.99. The van der Waals surface area contributed by atoms with E-state index in [0.29, 0.717) is 11.8 Å². The zero-order valence-electron chi connectivity index (χ0n) is 18.4. The fourth-order valence-corrected chi connectivity index (χ4v) is 4.66. The lowest BCUT2D eigenvalue weighted by Crippen LogP contribution is -2.37. The largest absolute Gasteiger partial charge is 0.497 e. The Hall–Kier alpha value is -2.22. The monoisotopic (exact) mass is 432 g/mol. The third kappa shape index (κ3) is 5.47. The van der Waals surface area contributed by atoms with E-state index in [1.807, 2.05) is 38.1 Å². The van der Waals surface area contributed by atoms with Crippen molar-refractivity contribution >= 4 is 17.7 Å². The molecule has 2 unspecified atom stereocenters. The van der Waals surface area contributed by atoms with Crippen molar-refractivity contribution in [3.05, 3.63) is 30.1 Å². The Labute approximate surface area is 182 Å². The molecule has 8 heteroatoms. The number of rotatable bonds is 9. The second kappa shape index (κ2) is 10.2. The summed E-state index contributed by atoms with van der Waals surface area (Å²) in [7, 11) is 1.63. The fraction of sp³-hybridized carbons (Fsp3) is 0.591. The van der Waals surface area contributed by atoms with Crippen molar-refractivity contribution in [1.82, 2.24) is 20.1 Å². The highest BCUT2D eigenvalue weighted by Gasteiger charge is 2.26. The van der Waals surface area contributed by atoms with Gasteiger partial charge in [-0.25, -0.2) is 0 Å². The Bertz CT molecular complexity index is 849. The molecule has 1 N–H and O–H groups in total. The van der Waals surface area contributed by atoms with Crippen LogP contribution in [-0.2, 0) is 4.79 Å². The number of benzene rings is 1. The number of methoxy groups -OCH3 is 1. The lowest BCUT2D eigenvalue weighted by Gasteiger charge is -2.20. The van der Waals surface area contributed by atoms with Gasteiger partial charge in [-0.1, -0.05) is 30.7 Å². The van der Waals surface area contributed by atoms with E-state index in [4.69, 9.17) is 9.47 Å². The maximum atomic E-state index is 12.6. The van der Waals surface area contributed by atoms with Crippen molar-refractivity contribution in [3.63, 3.8) is 0 Å². The molecule has 1 aliphatic rings. The molecular formula is C22H32N4O3S. The van der Waals surface area contributed by atoms with Gasteiger partial charge in [-0.3, -0.25) is 4.79 Å². The van der Waals surface area contributed by atoms with E-state index < -0.39 is 0 Å². The minimum atomic E-state index is -0.302. The molecule has 2 aromatic rings. The van der Waals surface area contributed by atoms with Crippen molar-refractivity contribution < 1.29 is 14.3 Å². The first-order chi connectivity index (χ1) is 14.4. The van der Waals surface area contributed by atoms with E-state index >= 15 is 0 Å². The number of thioether (sulfide) groups is 1. The van der Waals surface area contributed by atoms with Gasteiger partial charge in [-0.05, 0) is 52.7 Å². The molecule has 1 fully saturated rings. The number of aromatic nitrogens is 3. The molecule has 1 heterocycles. The van der Waals surface area contributed by atoms with Gasteiger partial charge in [0.2, 0.25) is 5.91 Å². The Morgan fingerprint density at radius 2 is 1.87 bits per heavy atom. The minimum Gasteiger partial charge on any atom is -0.497 e. The zero-order valence-corrected chi connectivity index (χ0v) is 19.2. The van der Waals surface area contributed by atoms with Crippen LogP contribution in [0.5, 0.6) is 11.5 Å². The molecular weight excluding hydrogens is 400 g/mol. The highest BCUT2D eigenvalue weighted by molar-refractivity contribution is 8.00. The molecule has 1 amide bonds. The van der Waals surface area contributed by atoms with Gasteiger partial charge in [0.05, 0.1) is 12.4 Å². The van der Waals surface area contributed by atoms with Gasteiger partial charge in [0.25, 0.3) is 0 Å². The summed E-state index contributed by atoms with van der Waals surface area (Å²) < 4.78 is 13.4. The van der Waals surface area contributed by atoms with E-state index in [-0.39, 0.29) is 23.3 Å². The molecule has 0 aliphatic heterocycles. The molecule has 0 spiro atoms. The van der Waals surface area contributed by atoms with E-state index in [2.05, 4.69) is 33.9 Å². The molecule has 0 saturated heterocycles. The topological polar surface area (TPSA) is 78.3 Å². The van der Waals surface area contributed by atoms with Gasteiger partial charge < -0.3 is 19.4 Å². The van der Waals surface area contributed by atoms with Crippen LogP contribution in [0.25, 0.3) is 0 Å². The normalized spacial score (nSPS) is 16.5. The highest BCUT2D eigenvalue weighted by atomic mass is 32.2. The van der Waals surface area contributed by atoms with Crippen LogP contribution < -0.4 is 14.8 Å². The average molecular weight is 433 g/mol. The minimum absolute atomic E-state index is 0.0624. The molecule has 1 saturated carbocycles. The van der Waals surface area contributed by atoms with Gasteiger partial charge in [0, 0.05) is 18.2 Å². The molecule has 1 aromatic carbocycles. The Balaban J connectivity index is 1.71. The molecule has 1 aromatic heterocycles. The molecule has 164 valence electrons. The van der Waals surface area contributed by atoms with Crippen LogP contribution in [0.2, 0.25) is 0 Å². The molecule has 3 rings (SSSR count). The molecule has 30 heavy (non-hydrogen) atoms. The number of carbonyl (C=O) groups is 1. The van der Waals surface area contributed by atoms with Crippen molar-refractivity contribution in [2.75, 3.05) is 7.11 Å². The van der Waals surface area contributed by atoms with Crippen molar-refractivity contribution in [2.24, 2.45) is 0 Å². The number of hydrogen-bond acceptors (Lipinski definition) is 6. The quantitative estimate of drug-likeness (QED) is 0.586. The van der Waals surface area contributed by atoms with E-state index in [1.54, 1.807) is 7.11 Å². The molecule has 1 aliphatic carbocycles. The lowest BCUT2D eigenvalue weighted by molar-refractivity contribution is -0.120. The molecule has 0 bridgehead atoms. The van der Waals surface area contributed by atoms with Crippen LogP contribution in [0.1, 0.15) is 71.3 Å². The van der Waals surface area contributed by atoms with Gasteiger partial charge in [-0.15, -0.1) is 10.2 Å². The number of nitrogens with one attached hydrogen (secondary N) is 1. The number of hydrogen-bond donors (Lipinski definition) is 1. The van der Waals surface area contributed by atoms with Gasteiger partial charge in [-0.2, -0.15) is 0 Å². The summed E-state index contributed by atoms with van der Waals surface area (Å²) in [5, 5.41) is 12.4. The van der Waals surface area contributed by atoms with Gasteiger partial charge >= 0.3 is 0 Å². The smallest absolute Gasteiger partial charge is 0.233 e. The first-order valence-electron chi connectivity index (χ1n) is 10.6. The van der Waals surface area contributed by atoms with Gasteiger partial charge in [0.15, 0.2) is 17.1 Å². The summed E-state index contributed by atoms with van der Waals surface area (Å²) in [6.45, 7) is 8.04. The summed E-state index contributed by atoms with van der Waals surface area (Å²) >= 11 is 1.44. The summed E-state index contributed by atoms with van der Waals surface area (Å²) in [4.78, 5) is 12.6. The molecule has 7 nitrogen and oxygen atoms in total. The SMILES string of the molecule is COc1cccc(OC(C)c2nnc(SC(C)C(=O)NC3CCCC3)n2C(C)C)c1. The first-order valence-corrected chi connectivity index (χ1v) is 11.5. The van der Waals surface area contributed by atoms with E-state index in [0.717, 1.165) is 29.6 Å². The number of amides is 1. The van der Waals surface area contributed by atoms with Crippen molar-refractivity contribution in [2.45, 2.75) is 82.0 Å². The highest BCUT2D eigenvalue weighted by Crippen LogP contribution is 2.31. The molecule has 0 radical (unpaired) electrons. The maximum absolute atomic E-state index is 12.6.